The molecule has 5 heteroatoms. The van der Waals surface area contributed by atoms with Gasteiger partial charge in [0.15, 0.2) is 0 Å². The van der Waals surface area contributed by atoms with E-state index in [2.05, 4.69) is 17.6 Å². The minimum atomic E-state index is -0.114. The van der Waals surface area contributed by atoms with Gasteiger partial charge in [-0.2, -0.15) is 0 Å². The van der Waals surface area contributed by atoms with E-state index in [-0.39, 0.29) is 11.8 Å². The maximum Gasteiger partial charge on any atom is 0.254 e. The second kappa shape index (κ2) is 7.18. The van der Waals surface area contributed by atoms with Crippen LogP contribution in [0.3, 0.4) is 0 Å². The van der Waals surface area contributed by atoms with E-state index < -0.39 is 0 Å². The van der Waals surface area contributed by atoms with Crippen LogP contribution >= 0.6 is 11.3 Å². The highest BCUT2D eigenvalue weighted by molar-refractivity contribution is 7.17. The van der Waals surface area contributed by atoms with Crippen molar-refractivity contribution in [2.24, 2.45) is 5.92 Å². The first-order chi connectivity index (χ1) is 11.6. The Hall–Kier alpha value is -2.14. The molecule has 4 nitrogen and oxygen atoms in total. The lowest BCUT2D eigenvalue weighted by atomic mass is 9.88. The summed E-state index contributed by atoms with van der Waals surface area (Å²) in [6, 6.07) is 9.63. The number of hydrogen-bond donors (Lipinski definition) is 2. The standard InChI is InChI=1S/C19H22N2O2S/c1-12-8-9-14-15(10-12)24-19(17(14)18(23)20-2)21-16(22)11-13-6-4-3-5-7-13/h3-7,12H,8-11H2,1-2H3,(H,20,23)(H,21,22)/t12-/m1/s1. The summed E-state index contributed by atoms with van der Waals surface area (Å²) in [5.74, 6) is 0.427. The second-order valence-corrected chi connectivity index (χ2v) is 7.45. The number of carbonyl (C=O) groups is 2. The molecule has 1 heterocycles. The molecule has 2 N–H and O–H groups in total. The van der Waals surface area contributed by atoms with Gasteiger partial charge in [-0.05, 0) is 36.3 Å². The van der Waals surface area contributed by atoms with E-state index in [4.69, 9.17) is 0 Å². The van der Waals surface area contributed by atoms with Crippen LogP contribution in [0, 0.1) is 5.92 Å². The van der Waals surface area contributed by atoms with Crippen molar-refractivity contribution in [2.75, 3.05) is 12.4 Å². The Labute approximate surface area is 146 Å². The van der Waals surface area contributed by atoms with Crippen molar-refractivity contribution in [1.29, 1.82) is 0 Å². The minimum absolute atomic E-state index is 0.0852. The SMILES string of the molecule is CNC(=O)c1c(NC(=O)Cc2ccccc2)sc2c1CC[C@@H](C)C2. The van der Waals surface area contributed by atoms with Crippen LogP contribution < -0.4 is 10.6 Å². The number of anilines is 1. The van der Waals surface area contributed by atoms with E-state index in [1.807, 2.05) is 30.3 Å². The number of amides is 2. The minimum Gasteiger partial charge on any atom is -0.355 e. The Morgan fingerprint density at radius 1 is 1.25 bits per heavy atom. The summed E-state index contributed by atoms with van der Waals surface area (Å²) in [4.78, 5) is 26.0. The van der Waals surface area contributed by atoms with Crippen LogP contribution in [-0.4, -0.2) is 18.9 Å². The van der Waals surface area contributed by atoms with E-state index in [0.717, 1.165) is 30.4 Å². The third kappa shape index (κ3) is 3.51. The molecule has 0 spiro atoms. The molecule has 0 radical (unpaired) electrons. The van der Waals surface area contributed by atoms with Crippen LogP contribution in [0.2, 0.25) is 0 Å². The molecule has 3 rings (SSSR count). The highest BCUT2D eigenvalue weighted by Crippen LogP contribution is 2.39. The zero-order valence-electron chi connectivity index (χ0n) is 14.0. The fourth-order valence-corrected chi connectivity index (χ4v) is 4.58. The van der Waals surface area contributed by atoms with Gasteiger partial charge in [-0.3, -0.25) is 9.59 Å². The summed E-state index contributed by atoms with van der Waals surface area (Å²) in [5.41, 5.74) is 2.74. The molecule has 2 aromatic rings. The van der Waals surface area contributed by atoms with Gasteiger partial charge in [-0.1, -0.05) is 37.3 Å². The zero-order valence-corrected chi connectivity index (χ0v) is 14.8. The normalized spacial score (nSPS) is 16.3. The first-order valence-electron chi connectivity index (χ1n) is 8.29. The van der Waals surface area contributed by atoms with E-state index in [1.54, 1.807) is 18.4 Å². The largest absolute Gasteiger partial charge is 0.355 e. The van der Waals surface area contributed by atoms with E-state index in [1.165, 1.54) is 4.88 Å². The molecule has 1 aromatic carbocycles. The first kappa shape index (κ1) is 16.7. The van der Waals surface area contributed by atoms with E-state index in [0.29, 0.717) is 22.9 Å². The monoisotopic (exact) mass is 342 g/mol. The van der Waals surface area contributed by atoms with Gasteiger partial charge < -0.3 is 10.6 Å². The molecule has 1 aliphatic carbocycles. The molecular formula is C19H22N2O2S. The lowest BCUT2D eigenvalue weighted by molar-refractivity contribution is -0.115. The van der Waals surface area contributed by atoms with Crippen LogP contribution in [0.1, 0.15) is 39.7 Å². The predicted octanol–water partition coefficient (Wildman–Crippen LogP) is 3.41. The van der Waals surface area contributed by atoms with E-state index >= 15 is 0 Å². The van der Waals surface area contributed by atoms with Crippen LogP contribution in [0.25, 0.3) is 0 Å². The number of rotatable bonds is 4. The van der Waals surface area contributed by atoms with Crippen LogP contribution in [0.15, 0.2) is 30.3 Å². The molecule has 1 aliphatic rings. The Morgan fingerprint density at radius 3 is 2.71 bits per heavy atom. The van der Waals surface area contributed by atoms with Gasteiger partial charge in [0.05, 0.1) is 12.0 Å². The number of fused-ring (bicyclic) bond motifs is 1. The Kier molecular flexibility index (Phi) is 5.00. The van der Waals surface area contributed by atoms with Gasteiger partial charge in [-0.15, -0.1) is 11.3 Å². The highest BCUT2D eigenvalue weighted by Gasteiger charge is 2.27. The van der Waals surface area contributed by atoms with Gasteiger partial charge in [0.25, 0.3) is 5.91 Å². The Morgan fingerprint density at radius 2 is 2.00 bits per heavy atom. The van der Waals surface area contributed by atoms with Gasteiger partial charge in [0, 0.05) is 11.9 Å². The van der Waals surface area contributed by atoms with Crippen LogP contribution in [0.4, 0.5) is 5.00 Å². The summed E-state index contributed by atoms with van der Waals surface area (Å²) in [6.45, 7) is 2.23. The summed E-state index contributed by atoms with van der Waals surface area (Å²) in [7, 11) is 1.63. The molecule has 126 valence electrons. The number of nitrogens with one attached hydrogen (secondary N) is 2. The van der Waals surface area contributed by atoms with Gasteiger partial charge in [0.1, 0.15) is 5.00 Å². The Balaban J connectivity index is 1.84. The molecule has 0 aliphatic heterocycles. The van der Waals surface area contributed by atoms with Crippen molar-refractivity contribution in [3.8, 4) is 0 Å². The number of thiophene rings is 1. The summed E-state index contributed by atoms with van der Waals surface area (Å²) >= 11 is 1.56. The van der Waals surface area contributed by atoms with Crippen LogP contribution in [-0.2, 0) is 24.1 Å². The number of carbonyl (C=O) groups excluding carboxylic acids is 2. The smallest absolute Gasteiger partial charge is 0.254 e. The molecule has 2 amide bonds. The average molecular weight is 342 g/mol. The molecule has 1 atom stereocenters. The van der Waals surface area contributed by atoms with Crippen molar-refractivity contribution >= 4 is 28.2 Å². The lowest BCUT2D eigenvalue weighted by Crippen LogP contribution is -2.23. The van der Waals surface area contributed by atoms with Gasteiger partial charge in [0.2, 0.25) is 5.91 Å². The van der Waals surface area contributed by atoms with Crippen molar-refractivity contribution in [3.63, 3.8) is 0 Å². The fraction of sp³-hybridized carbons (Fsp3) is 0.368. The van der Waals surface area contributed by atoms with Crippen LogP contribution in [0.5, 0.6) is 0 Å². The summed E-state index contributed by atoms with van der Waals surface area (Å²) < 4.78 is 0. The maximum absolute atomic E-state index is 12.4. The maximum atomic E-state index is 12.4. The van der Waals surface area contributed by atoms with Crippen molar-refractivity contribution in [1.82, 2.24) is 5.32 Å². The molecule has 0 saturated carbocycles. The highest BCUT2D eigenvalue weighted by atomic mass is 32.1. The quantitative estimate of drug-likeness (QED) is 0.894. The first-order valence-corrected chi connectivity index (χ1v) is 9.10. The fourth-order valence-electron chi connectivity index (χ4n) is 3.16. The molecule has 0 saturated heterocycles. The number of benzene rings is 1. The predicted molar refractivity (Wildman–Crippen MR) is 97.7 cm³/mol. The Bertz CT molecular complexity index is 752. The van der Waals surface area contributed by atoms with Gasteiger partial charge >= 0.3 is 0 Å². The lowest BCUT2D eigenvalue weighted by Gasteiger charge is -2.18. The van der Waals surface area contributed by atoms with E-state index in [9.17, 15) is 9.59 Å². The van der Waals surface area contributed by atoms with Gasteiger partial charge in [-0.25, -0.2) is 0 Å². The molecule has 24 heavy (non-hydrogen) atoms. The summed E-state index contributed by atoms with van der Waals surface area (Å²) in [5, 5.41) is 6.36. The van der Waals surface area contributed by atoms with Crippen molar-refractivity contribution in [2.45, 2.75) is 32.6 Å². The summed E-state index contributed by atoms with van der Waals surface area (Å²) in [6.07, 6.45) is 3.29. The van der Waals surface area contributed by atoms with Crippen molar-refractivity contribution in [3.05, 3.63) is 51.9 Å². The third-order valence-electron chi connectivity index (χ3n) is 4.43. The topological polar surface area (TPSA) is 58.2 Å². The molecule has 1 aromatic heterocycles. The molecule has 0 unspecified atom stereocenters. The third-order valence-corrected chi connectivity index (χ3v) is 5.60. The number of hydrogen-bond acceptors (Lipinski definition) is 3. The van der Waals surface area contributed by atoms with Crippen molar-refractivity contribution < 1.29 is 9.59 Å². The molecule has 0 bridgehead atoms. The molecular weight excluding hydrogens is 320 g/mol. The molecule has 0 fully saturated rings. The second-order valence-electron chi connectivity index (χ2n) is 6.35. The average Bonchev–Trinajstić information content (AvgIpc) is 2.91. The zero-order chi connectivity index (χ0) is 17.1.